The number of carbonyl (C=O) groups excluding carboxylic acids is 2. The topological polar surface area (TPSA) is 62.3 Å². The van der Waals surface area contributed by atoms with E-state index in [0.29, 0.717) is 29.3 Å². The first-order valence-electron chi connectivity index (χ1n) is 10.8. The number of hydrogen-bond acceptors (Lipinski definition) is 5. The number of thiophene rings is 1. The molecule has 30 heavy (non-hydrogen) atoms. The van der Waals surface area contributed by atoms with Gasteiger partial charge in [0.1, 0.15) is 4.88 Å². The molecule has 1 aliphatic carbocycles. The summed E-state index contributed by atoms with van der Waals surface area (Å²) in [7, 11) is 0. The number of likely N-dealkylation sites (tertiary alicyclic amines) is 1. The van der Waals surface area contributed by atoms with Gasteiger partial charge in [0, 0.05) is 24.0 Å². The summed E-state index contributed by atoms with van der Waals surface area (Å²) in [6.45, 7) is 10.2. The molecule has 0 radical (unpaired) electrons. The molecule has 2 amide bonds. The van der Waals surface area contributed by atoms with E-state index in [9.17, 15) is 9.59 Å². The molecule has 1 atom stereocenters. The van der Waals surface area contributed by atoms with Crippen LogP contribution in [0.25, 0.3) is 0 Å². The normalized spacial score (nSPS) is 20.1. The molecule has 7 heteroatoms. The molecule has 1 fully saturated rings. The number of aryl methyl sites for hydroxylation is 2. The molecule has 1 aliphatic heterocycles. The van der Waals surface area contributed by atoms with E-state index in [1.807, 2.05) is 11.8 Å². The van der Waals surface area contributed by atoms with Gasteiger partial charge in [-0.15, -0.1) is 22.7 Å². The zero-order valence-electron chi connectivity index (χ0n) is 18.3. The summed E-state index contributed by atoms with van der Waals surface area (Å²) in [5.74, 6) is 0.799. The highest BCUT2D eigenvalue weighted by Crippen LogP contribution is 2.40. The third-order valence-corrected chi connectivity index (χ3v) is 8.74. The average molecular weight is 446 g/mol. The van der Waals surface area contributed by atoms with Crippen molar-refractivity contribution in [1.29, 1.82) is 0 Å². The Morgan fingerprint density at radius 1 is 1.20 bits per heavy atom. The number of hydrogen-bond donors (Lipinski definition) is 1. The number of aromatic nitrogens is 1. The molecule has 2 aromatic rings. The van der Waals surface area contributed by atoms with Gasteiger partial charge in [-0.2, -0.15) is 0 Å². The molecule has 0 saturated carbocycles. The third-order valence-electron chi connectivity index (χ3n) is 6.59. The van der Waals surface area contributed by atoms with Crippen molar-refractivity contribution in [2.75, 3.05) is 13.1 Å². The van der Waals surface area contributed by atoms with Crippen molar-refractivity contribution in [1.82, 2.24) is 15.2 Å². The minimum absolute atomic E-state index is 0.0425. The maximum absolute atomic E-state index is 13.1. The molecule has 1 saturated heterocycles. The van der Waals surface area contributed by atoms with Gasteiger partial charge >= 0.3 is 0 Å². The molecule has 0 spiro atoms. The fourth-order valence-electron chi connectivity index (χ4n) is 4.52. The van der Waals surface area contributed by atoms with E-state index in [2.05, 4.69) is 37.1 Å². The lowest BCUT2D eigenvalue weighted by Crippen LogP contribution is -2.46. The van der Waals surface area contributed by atoms with Crippen LogP contribution in [0.1, 0.15) is 75.5 Å². The van der Waals surface area contributed by atoms with Gasteiger partial charge in [-0.05, 0) is 62.0 Å². The van der Waals surface area contributed by atoms with Gasteiger partial charge in [0.15, 0.2) is 0 Å². The lowest BCUT2D eigenvalue weighted by atomic mass is 9.72. The van der Waals surface area contributed by atoms with Gasteiger partial charge in [-0.1, -0.05) is 20.8 Å². The molecule has 5 nitrogen and oxygen atoms in total. The smallest absolute Gasteiger partial charge is 0.263 e. The van der Waals surface area contributed by atoms with E-state index in [0.717, 1.165) is 36.3 Å². The largest absolute Gasteiger partial charge is 0.348 e. The van der Waals surface area contributed by atoms with Gasteiger partial charge in [-0.3, -0.25) is 9.59 Å². The number of nitrogens with one attached hydrogen (secondary N) is 1. The van der Waals surface area contributed by atoms with Crippen LogP contribution in [0.2, 0.25) is 0 Å². The number of amides is 2. The van der Waals surface area contributed by atoms with Gasteiger partial charge in [-0.25, -0.2) is 4.98 Å². The molecule has 0 aromatic carbocycles. The molecule has 2 aliphatic rings. The molecular weight excluding hydrogens is 414 g/mol. The first-order valence-corrected chi connectivity index (χ1v) is 12.5. The predicted octanol–water partition coefficient (Wildman–Crippen LogP) is 4.70. The average Bonchev–Trinajstić information content (AvgIpc) is 3.32. The number of nitrogens with zero attached hydrogens (tertiary/aromatic N) is 2. The maximum atomic E-state index is 13.1. The Labute approximate surface area is 186 Å². The van der Waals surface area contributed by atoms with Crippen LogP contribution in [0.15, 0.2) is 11.6 Å². The number of piperidine rings is 1. The molecule has 0 bridgehead atoms. The van der Waals surface area contributed by atoms with Crippen LogP contribution in [0.3, 0.4) is 0 Å². The molecule has 3 heterocycles. The summed E-state index contributed by atoms with van der Waals surface area (Å²) in [4.78, 5) is 34.6. The van der Waals surface area contributed by atoms with Crippen LogP contribution in [0.4, 0.5) is 0 Å². The molecule has 4 rings (SSSR count). The molecular formula is C23H31N3O2S2. The van der Waals surface area contributed by atoms with E-state index in [1.54, 1.807) is 16.8 Å². The fraction of sp³-hybridized carbons (Fsp3) is 0.609. The number of carbonyl (C=O) groups is 2. The van der Waals surface area contributed by atoms with Crippen molar-refractivity contribution in [2.45, 2.75) is 65.8 Å². The van der Waals surface area contributed by atoms with Crippen LogP contribution in [0.5, 0.6) is 0 Å². The number of fused-ring (bicyclic) bond motifs is 1. The minimum atomic E-state index is -0.0425. The lowest BCUT2D eigenvalue weighted by Gasteiger charge is -2.33. The Balaban J connectivity index is 1.33. The fourth-order valence-corrected chi connectivity index (χ4v) is 6.40. The van der Waals surface area contributed by atoms with E-state index >= 15 is 0 Å². The van der Waals surface area contributed by atoms with Crippen LogP contribution < -0.4 is 5.32 Å². The Kier molecular flexibility index (Phi) is 6.04. The van der Waals surface area contributed by atoms with Crippen molar-refractivity contribution in [3.05, 3.63) is 37.5 Å². The Bertz CT molecular complexity index is 933. The lowest BCUT2D eigenvalue weighted by molar-refractivity contribution is 0.0703. The van der Waals surface area contributed by atoms with Gasteiger partial charge in [0.2, 0.25) is 0 Å². The first kappa shape index (κ1) is 21.5. The zero-order valence-corrected chi connectivity index (χ0v) is 19.9. The van der Waals surface area contributed by atoms with Crippen LogP contribution in [0, 0.1) is 18.3 Å². The van der Waals surface area contributed by atoms with E-state index in [-0.39, 0.29) is 17.9 Å². The second kappa shape index (κ2) is 8.42. The van der Waals surface area contributed by atoms with Crippen LogP contribution >= 0.6 is 22.7 Å². The summed E-state index contributed by atoms with van der Waals surface area (Å²) in [6, 6.07) is 2.27. The third kappa shape index (κ3) is 4.47. The van der Waals surface area contributed by atoms with E-state index < -0.39 is 0 Å². The summed E-state index contributed by atoms with van der Waals surface area (Å²) in [5.41, 5.74) is 4.18. The predicted molar refractivity (Wildman–Crippen MR) is 123 cm³/mol. The molecule has 1 N–H and O–H groups in total. The second-order valence-electron chi connectivity index (χ2n) is 9.67. The number of thiazole rings is 1. The monoisotopic (exact) mass is 445 g/mol. The van der Waals surface area contributed by atoms with Crippen molar-refractivity contribution in [2.24, 2.45) is 11.3 Å². The van der Waals surface area contributed by atoms with Crippen molar-refractivity contribution >= 4 is 34.5 Å². The van der Waals surface area contributed by atoms with Crippen molar-refractivity contribution in [3.8, 4) is 0 Å². The Morgan fingerprint density at radius 2 is 1.93 bits per heavy atom. The highest BCUT2D eigenvalue weighted by molar-refractivity contribution is 7.14. The quantitative estimate of drug-likeness (QED) is 0.745. The Hall–Kier alpha value is -1.73. The molecule has 2 aromatic heterocycles. The molecule has 162 valence electrons. The maximum Gasteiger partial charge on any atom is 0.263 e. The zero-order chi connectivity index (χ0) is 21.5. The van der Waals surface area contributed by atoms with Gasteiger partial charge in [0.05, 0.1) is 16.1 Å². The van der Waals surface area contributed by atoms with Crippen LogP contribution in [-0.4, -0.2) is 40.8 Å². The van der Waals surface area contributed by atoms with E-state index in [4.69, 9.17) is 0 Å². The van der Waals surface area contributed by atoms with Gasteiger partial charge < -0.3 is 10.2 Å². The Morgan fingerprint density at radius 3 is 2.57 bits per heavy atom. The van der Waals surface area contributed by atoms with Crippen molar-refractivity contribution < 1.29 is 9.59 Å². The number of rotatable bonds is 3. The second-order valence-corrected chi connectivity index (χ2v) is 11.7. The minimum Gasteiger partial charge on any atom is -0.348 e. The van der Waals surface area contributed by atoms with Crippen LogP contribution in [-0.2, 0) is 12.8 Å². The van der Waals surface area contributed by atoms with E-state index in [1.165, 1.54) is 28.2 Å². The first-order chi connectivity index (χ1) is 14.2. The SMILES string of the molecule is Cc1ncsc1C(=O)NC1CCN(C(=O)c2cc3c(s2)CCC(C(C)(C)C)C3)CC1. The summed E-state index contributed by atoms with van der Waals surface area (Å²) < 4.78 is 0. The van der Waals surface area contributed by atoms with Gasteiger partial charge in [0.25, 0.3) is 11.8 Å². The standard InChI is InChI=1S/C23H31N3O2S2/c1-14-20(29-13-24-14)21(27)25-17-7-9-26(10-8-17)22(28)19-12-15-11-16(23(2,3)4)5-6-18(15)30-19/h12-13,16-17H,5-11H2,1-4H3,(H,25,27). The summed E-state index contributed by atoms with van der Waals surface area (Å²) in [5, 5.41) is 3.12. The summed E-state index contributed by atoms with van der Waals surface area (Å²) in [6.07, 6.45) is 5.00. The highest BCUT2D eigenvalue weighted by Gasteiger charge is 2.32. The summed E-state index contributed by atoms with van der Waals surface area (Å²) >= 11 is 3.07. The molecule has 1 unspecified atom stereocenters. The highest BCUT2D eigenvalue weighted by atomic mass is 32.1. The van der Waals surface area contributed by atoms with Crippen molar-refractivity contribution in [3.63, 3.8) is 0 Å².